The summed E-state index contributed by atoms with van der Waals surface area (Å²) in [5.74, 6) is 0.511. The van der Waals surface area contributed by atoms with Gasteiger partial charge in [-0.15, -0.1) is 0 Å². The minimum Gasteiger partial charge on any atom is -0.497 e. The maximum Gasteiger partial charge on any atom is 0.170 e. The predicted octanol–water partition coefficient (Wildman–Crippen LogP) is 9.35. The second kappa shape index (κ2) is 16.3. The zero-order valence-corrected chi connectivity index (χ0v) is 25.8. The summed E-state index contributed by atoms with van der Waals surface area (Å²) in [6, 6.07) is 30.7. The molecule has 0 radical (unpaired) electrons. The van der Waals surface area contributed by atoms with E-state index in [9.17, 15) is 19.2 Å². The molecule has 0 aromatic heterocycles. The molecule has 230 valence electrons. The van der Waals surface area contributed by atoms with E-state index in [1.165, 1.54) is 5.56 Å². The third-order valence-electron chi connectivity index (χ3n) is 7.12. The van der Waals surface area contributed by atoms with E-state index in [0.717, 1.165) is 5.56 Å². The molecule has 0 heterocycles. The minimum absolute atomic E-state index is 0. The molecule has 0 fully saturated rings. The lowest BCUT2D eigenvalue weighted by molar-refractivity contribution is 0.0878. The number of hydrogen-bond acceptors (Lipinski definition) is 5. The summed E-state index contributed by atoms with van der Waals surface area (Å²) in [6.45, 7) is 10.6. The van der Waals surface area contributed by atoms with Crippen LogP contribution in [0.4, 0.5) is 0 Å². The van der Waals surface area contributed by atoms with E-state index in [-0.39, 0.29) is 48.8 Å². The number of carbonyl (C=O) groups excluding carboxylic acids is 4. The zero-order chi connectivity index (χ0) is 31.6. The maximum absolute atomic E-state index is 12.3. The van der Waals surface area contributed by atoms with Gasteiger partial charge in [-0.3, -0.25) is 19.2 Å². The monoisotopic (exact) mass is 592 g/mol. The van der Waals surface area contributed by atoms with Gasteiger partial charge in [0.1, 0.15) is 5.75 Å². The Bertz CT molecular complexity index is 1520. The van der Waals surface area contributed by atoms with Gasteiger partial charge in [0.2, 0.25) is 0 Å². The number of hydrogen-bond donors (Lipinski definition) is 0. The number of ether oxygens (including phenoxy) is 1. The Balaban J connectivity index is 0.000000303. The lowest BCUT2D eigenvalue weighted by Crippen LogP contribution is -2.12. The van der Waals surface area contributed by atoms with Crippen LogP contribution in [0.25, 0.3) is 0 Å². The van der Waals surface area contributed by atoms with Gasteiger partial charge in [-0.05, 0) is 46.7 Å². The fraction of sp³-hybridized carbons (Fsp3) is 0.282. The molecule has 5 nitrogen and oxygen atoms in total. The Morgan fingerprint density at radius 2 is 0.932 bits per heavy atom. The number of carbonyl (C=O) groups is 4. The standard InChI is InChI=1S/C20H22O3.C18H18O2.CH4/c1-20(2,3)16-9-5-14(6-10-16)18(21)13-19(22)15-7-11-17(23-4)12-8-15;1-13(2)14-8-10-16(11-9-14)18(20)12-17(19)15-6-4-3-5-7-15;/h5-12H,13H2,1-4H3;3-11,13H,12H2,1-2H3;1H4. The van der Waals surface area contributed by atoms with Gasteiger partial charge in [0.25, 0.3) is 0 Å². The average molecular weight is 593 g/mol. The molecular weight excluding hydrogens is 548 g/mol. The minimum atomic E-state index is -0.183. The first-order valence-corrected chi connectivity index (χ1v) is 14.4. The third-order valence-corrected chi connectivity index (χ3v) is 7.12. The molecule has 4 rings (SSSR count). The van der Waals surface area contributed by atoms with E-state index in [0.29, 0.717) is 33.9 Å². The van der Waals surface area contributed by atoms with E-state index in [1.54, 1.807) is 79.9 Å². The number of ketones is 4. The van der Waals surface area contributed by atoms with Gasteiger partial charge in [0.15, 0.2) is 23.1 Å². The number of rotatable bonds is 10. The molecule has 0 aliphatic heterocycles. The van der Waals surface area contributed by atoms with Crippen LogP contribution in [0.2, 0.25) is 0 Å². The van der Waals surface area contributed by atoms with Crippen LogP contribution >= 0.6 is 0 Å². The second-order valence-electron chi connectivity index (χ2n) is 11.7. The Labute approximate surface area is 262 Å². The molecule has 5 heteroatoms. The Morgan fingerprint density at radius 3 is 1.30 bits per heavy atom. The predicted molar refractivity (Wildman–Crippen MR) is 178 cm³/mol. The van der Waals surface area contributed by atoms with Crippen molar-refractivity contribution >= 4 is 23.1 Å². The summed E-state index contributed by atoms with van der Waals surface area (Å²) >= 11 is 0. The van der Waals surface area contributed by atoms with Gasteiger partial charge in [0.05, 0.1) is 20.0 Å². The molecule has 0 saturated heterocycles. The van der Waals surface area contributed by atoms with Crippen molar-refractivity contribution in [1.82, 2.24) is 0 Å². The van der Waals surface area contributed by atoms with E-state index >= 15 is 0 Å². The van der Waals surface area contributed by atoms with Crippen LogP contribution in [0.3, 0.4) is 0 Å². The lowest BCUT2D eigenvalue weighted by Gasteiger charge is -2.18. The van der Waals surface area contributed by atoms with Crippen molar-refractivity contribution in [3.05, 3.63) is 137 Å². The van der Waals surface area contributed by atoms with E-state index in [4.69, 9.17) is 4.74 Å². The fourth-order valence-electron chi connectivity index (χ4n) is 4.31. The molecule has 0 aliphatic carbocycles. The average Bonchev–Trinajstić information content (AvgIpc) is 3.01. The molecule has 0 bridgehead atoms. The first-order valence-electron chi connectivity index (χ1n) is 14.4. The zero-order valence-electron chi connectivity index (χ0n) is 25.8. The van der Waals surface area contributed by atoms with Crippen molar-refractivity contribution in [3.8, 4) is 5.75 Å². The van der Waals surface area contributed by atoms with E-state index in [1.807, 2.05) is 30.3 Å². The summed E-state index contributed by atoms with van der Waals surface area (Å²) in [4.78, 5) is 48.5. The molecular formula is C39H44O5. The lowest BCUT2D eigenvalue weighted by atomic mass is 9.86. The summed E-state index contributed by atoms with van der Waals surface area (Å²) in [7, 11) is 1.57. The maximum atomic E-state index is 12.3. The Morgan fingerprint density at radius 1 is 0.568 bits per heavy atom. The van der Waals surface area contributed by atoms with Crippen molar-refractivity contribution in [2.24, 2.45) is 0 Å². The quantitative estimate of drug-likeness (QED) is 0.135. The smallest absolute Gasteiger partial charge is 0.170 e. The molecule has 0 saturated carbocycles. The highest BCUT2D eigenvalue weighted by Crippen LogP contribution is 2.23. The molecule has 44 heavy (non-hydrogen) atoms. The van der Waals surface area contributed by atoms with Crippen molar-refractivity contribution < 1.29 is 23.9 Å². The van der Waals surface area contributed by atoms with Crippen LogP contribution in [0.15, 0.2) is 103 Å². The van der Waals surface area contributed by atoms with Crippen LogP contribution in [0.5, 0.6) is 5.75 Å². The highest BCUT2D eigenvalue weighted by Gasteiger charge is 2.17. The highest BCUT2D eigenvalue weighted by molar-refractivity contribution is 6.14. The van der Waals surface area contributed by atoms with Crippen molar-refractivity contribution in [1.29, 1.82) is 0 Å². The molecule has 0 aliphatic rings. The molecule has 0 spiro atoms. The molecule has 0 atom stereocenters. The largest absolute Gasteiger partial charge is 0.497 e. The summed E-state index contributed by atoms with van der Waals surface area (Å²) in [5, 5.41) is 0. The van der Waals surface area contributed by atoms with Gasteiger partial charge in [-0.1, -0.05) is 121 Å². The molecule has 4 aromatic carbocycles. The summed E-state index contributed by atoms with van der Waals surface area (Å²) < 4.78 is 5.06. The molecule has 4 aromatic rings. The molecule has 0 unspecified atom stereocenters. The van der Waals surface area contributed by atoms with Crippen LogP contribution in [0.1, 0.15) is 113 Å². The Kier molecular flexibility index (Phi) is 13.2. The van der Waals surface area contributed by atoms with Crippen LogP contribution < -0.4 is 4.74 Å². The van der Waals surface area contributed by atoms with E-state index < -0.39 is 0 Å². The molecule has 0 amide bonds. The third kappa shape index (κ3) is 10.3. The van der Waals surface area contributed by atoms with Gasteiger partial charge in [-0.25, -0.2) is 0 Å². The summed E-state index contributed by atoms with van der Waals surface area (Å²) in [6.07, 6.45) is -0.202. The molecule has 0 N–H and O–H groups in total. The normalized spacial score (nSPS) is 10.6. The fourth-order valence-corrected chi connectivity index (χ4v) is 4.31. The van der Waals surface area contributed by atoms with Gasteiger partial charge in [-0.2, -0.15) is 0 Å². The Hall–Kier alpha value is -4.64. The topological polar surface area (TPSA) is 77.5 Å². The number of benzene rings is 4. The van der Waals surface area contributed by atoms with Crippen molar-refractivity contribution in [2.75, 3.05) is 7.11 Å². The van der Waals surface area contributed by atoms with Crippen molar-refractivity contribution in [3.63, 3.8) is 0 Å². The van der Waals surface area contributed by atoms with Crippen LogP contribution in [-0.4, -0.2) is 30.2 Å². The van der Waals surface area contributed by atoms with Gasteiger partial charge in [0, 0.05) is 22.3 Å². The first-order chi connectivity index (χ1) is 20.4. The van der Waals surface area contributed by atoms with Crippen LogP contribution in [0, 0.1) is 0 Å². The van der Waals surface area contributed by atoms with Crippen molar-refractivity contribution in [2.45, 2.75) is 66.2 Å². The first kappa shape index (κ1) is 35.6. The van der Waals surface area contributed by atoms with E-state index in [2.05, 4.69) is 34.6 Å². The SMILES string of the molecule is C.CC(C)c1ccc(C(=O)CC(=O)c2ccccc2)cc1.COc1ccc(C(=O)CC(=O)c2ccc(C(C)(C)C)cc2)cc1. The highest BCUT2D eigenvalue weighted by atomic mass is 16.5. The second-order valence-corrected chi connectivity index (χ2v) is 11.7. The summed E-state index contributed by atoms with van der Waals surface area (Å²) in [5.41, 5.74) is 4.66. The van der Waals surface area contributed by atoms with Gasteiger partial charge >= 0.3 is 0 Å². The van der Waals surface area contributed by atoms with Crippen LogP contribution in [-0.2, 0) is 5.41 Å². The number of Topliss-reactive ketones (excluding diaryl/α,β-unsaturated/α-hetero) is 4. The van der Waals surface area contributed by atoms with Gasteiger partial charge < -0.3 is 4.74 Å². The number of methoxy groups -OCH3 is 1.